The molecular formula is C22H25N3OS. The van der Waals surface area contributed by atoms with Crippen LogP contribution in [0.1, 0.15) is 53.5 Å². The van der Waals surface area contributed by atoms with E-state index in [-0.39, 0.29) is 5.78 Å². The van der Waals surface area contributed by atoms with E-state index >= 15 is 0 Å². The Morgan fingerprint density at radius 1 is 1.07 bits per heavy atom. The molecule has 0 aliphatic carbocycles. The Labute approximate surface area is 165 Å². The van der Waals surface area contributed by atoms with Gasteiger partial charge in [-0.2, -0.15) is 0 Å². The highest BCUT2D eigenvalue weighted by molar-refractivity contribution is 7.99. The molecule has 0 amide bonds. The lowest BCUT2D eigenvalue weighted by atomic mass is 9.97. The molecule has 0 spiro atoms. The zero-order valence-corrected chi connectivity index (χ0v) is 16.9. The van der Waals surface area contributed by atoms with Crippen molar-refractivity contribution in [2.45, 2.75) is 37.8 Å². The predicted molar refractivity (Wildman–Crippen MR) is 110 cm³/mol. The van der Waals surface area contributed by atoms with Crippen LogP contribution in [0.3, 0.4) is 0 Å². The van der Waals surface area contributed by atoms with E-state index in [0.717, 1.165) is 29.4 Å². The minimum absolute atomic E-state index is 0.114. The number of ketones is 1. The molecule has 1 atom stereocenters. The van der Waals surface area contributed by atoms with Gasteiger partial charge in [0, 0.05) is 19.0 Å². The van der Waals surface area contributed by atoms with E-state index in [1.807, 2.05) is 41.9 Å². The van der Waals surface area contributed by atoms with E-state index in [1.54, 1.807) is 0 Å². The van der Waals surface area contributed by atoms with Crippen LogP contribution >= 0.6 is 11.8 Å². The van der Waals surface area contributed by atoms with Gasteiger partial charge in [-0.25, -0.2) is 0 Å². The fraction of sp³-hybridized carbons (Fsp3) is 0.318. The van der Waals surface area contributed by atoms with Crippen LogP contribution in [-0.4, -0.2) is 26.3 Å². The third-order valence-electron chi connectivity index (χ3n) is 4.88. The summed E-state index contributed by atoms with van der Waals surface area (Å²) >= 11 is 1.44. The quantitative estimate of drug-likeness (QED) is 0.413. The number of benzene rings is 2. The van der Waals surface area contributed by atoms with Crippen LogP contribution in [0.4, 0.5) is 0 Å². The smallest absolute Gasteiger partial charge is 0.191 e. The number of aromatic nitrogens is 3. The summed E-state index contributed by atoms with van der Waals surface area (Å²) in [6.07, 6.45) is 1.83. The maximum atomic E-state index is 12.5. The minimum atomic E-state index is 0.114. The molecule has 4 nitrogen and oxygen atoms in total. The van der Waals surface area contributed by atoms with E-state index < -0.39 is 0 Å². The molecule has 27 heavy (non-hydrogen) atoms. The monoisotopic (exact) mass is 379 g/mol. The van der Waals surface area contributed by atoms with Crippen LogP contribution in [0, 0.1) is 0 Å². The summed E-state index contributed by atoms with van der Waals surface area (Å²) < 4.78 is 1.97. The minimum Gasteiger partial charge on any atom is -0.309 e. The van der Waals surface area contributed by atoms with Crippen LogP contribution in [-0.2, 0) is 13.5 Å². The molecule has 1 aromatic heterocycles. The largest absolute Gasteiger partial charge is 0.309 e. The van der Waals surface area contributed by atoms with Gasteiger partial charge in [0.2, 0.25) is 0 Å². The van der Waals surface area contributed by atoms with Gasteiger partial charge in [0.25, 0.3) is 0 Å². The lowest BCUT2D eigenvalue weighted by molar-refractivity contribution is 0.102. The Morgan fingerprint density at radius 2 is 1.78 bits per heavy atom. The molecule has 1 heterocycles. The molecule has 1 unspecified atom stereocenters. The normalized spacial score (nSPS) is 12.1. The van der Waals surface area contributed by atoms with Crippen molar-refractivity contribution >= 4 is 17.5 Å². The zero-order valence-electron chi connectivity index (χ0n) is 16.1. The fourth-order valence-electron chi connectivity index (χ4n) is 2.85. The second-order valence-electron chi connectivity index (χ2n) is 6.76. The molecule has 0 saturated heterocycles. The lowest BCUT2D eigenvalue weighted by Gasteiger charge is -2.09. The van der Waals surface area contributed by atoms with Crippen LogP contribution < -0.4 is 0 Å². The standard InChI is InChI=1S/C22H25N3OS/c1-4-16(2)18-10-12-19(13-11-18)20(26)15-27-22-24-23-21(25(22)3)14-17-8-6-5-7-9-17/h5-13,16H,4,14-15H2,1-3H3. The molecule has 0 radical (unpaired) electrons. The Kier molecular flexibility index (Phi) is 6.45. The van der Waals surface area contributed by atoms with Gasteiger partial charge < -0.3 is 4.57 Å². The van der Waals surface area contributed by atoms with Crippen LogP contribution in [0.5, 0.6) is 0 Å². The number of carbonyl (C=O) groups excluding carboxylic acids is 1. The summed E-state index contributed by atoms with van der Waals surface area (Å²) in [4.78, 5) is 12.5. The average molecular weight is 380 g/mol. The summed E-state index contributed by atoms with van der Waals surface area (Å²) in [6.45, 7) is 4.38. The number of hydrogen-bond donors (Lipinski definition) is 0. The first-order valence-electron chi connectivity index (χ1n) is 9.26. The van der Waals surface area contributed by atoms with Crippen molar-refractivity contribution in [1.82, 2.24) is 14.8 Å². The van der Waals surface area contributed by atoms with Crippen LogP contribution in [0.2, 0.25) is 0 Å². The highest BCUT2D eigenvalue weighted by Crippen LogP contribution is 2.21. The Morgan fingerprint density at radius 3 is 2.44 bits per heavy atom. The van der Waals surface area contributed by atoms with Crippen molar-refractivity contribution in [2.75, 3.05) is 5.75 Å². The van der Waals surface area contributed by atoms with Crippen molar-refractivity contribution in [3.05, 3.63) is 77.1 Å². The second kappa shape index (κ2) is 9.00. The molecule has 0 aliphatic rings. The molecule has 140 valence electrons. The molecule has 3 rings (SSSR count). The van der Waals surface area contributed by atoms with Gasteiger partial charge in [-0.3, -0.25) is 4.79 Å². The summed E-state index contributed by atoms with van der Waals surface area (Å²) in [6, 6.07) is 18.2. The van der Waals surface area contributed by atoms with E-state index in [1.165, 1.54) is 22.9 Å². The second-order valence-corrected chi connectivity index (χ2v) is 7.71. The van der Waals surface area contributed by atoms with Crippen molar-refractivity contribution in [3.8, 4) is 0 Å². The zero-order chi connectivity index (χ0) is 19.2. The summed E-state index contributed by atoms with van der Waals surface area (Å²) in [5.41, 5.74) is 3.23. The van der Waals surface area contributed by atoms with E-state index in [4.69, 9.17) is 0 Å². The molecular weight excluding hydrogens is 354 g/mol. The average Bonchev–Trinajstić information content (AvgIpc) is 3.06. The van der Waals surface area contributed by atoms with Crippen LogP contribution in [0.15, 0.2) is 59.8 Å². The third-order valence-corrected chi connectivity index (χ3v) is 5.90. The van der Waals surface area contributed by atoms with Crippen molar-refractivity contribution in [2.24, 2.45) is 7.05 Å². The number of nitrogens with zero attached hydrogens (tertiary/aromatic N) is 3. The molecule has 2 aromatic carbocycles. The number of carbonyl (C=O) groups is 1. The van der Waals surface area contributed by atoms with Gasteiger partial charge in [0.05, 0.1) is 5.75 Å². The Bertz CT molecular complexity index is 888. The van der Waals surface area contributed by atoms with Gasteiger partial charge in [-0.15, -0.1) is 10.2 Å². The van der Waals surface area contributed by atoms with Gasteiger partial charge in [0.15, 0.2) is 10.9 Å². The number of rotatable bonds is 8. The molecule has 0 aliphatic heterocycles. The van der Waals surface area contributed by atoms with E-state index in [2.05, 4.69) is 48.3 Å². The van der Waals surface area contributed by atoms with Crippen LogP contribution in [0.25, 0.3) is 0 Å². The molecule has 3 aromatic rings. The molecule has 0 saturated carbocycles. The van der Waals surface area contributed by atoms with E-state index in [9.17, 15) is 4.79 Å². The maximum Gasteiger partial charge on any atom is 0.191 e. The number of thioether (sulfide) groups is 1. The Balaban J connectivity index is 1.60. The first-order chi connectivity index (χ1) is 13.1. The lowest BCUT2D eigenvalue weighted by Crippen LogP contribution is -2.05. The fourth-order valence-corrected chi connectivity index (χ4v) is 3.67. The van der Waals surface area contributed by atoms with E-state index in [0.29, 0.717) is 11.7 Å². The van der Waals surface area contributed by atoms with Gasteiger partial charge in [-0.05, 0) is 23.5 Å². The summed E-state index contributed by atoms with van der Waals surface area (Å²) in [7, 11) is 1.95. The molecule has 0 bridgehead atoms. The SMILES string of the molecule is CCC(C)c1ccc(C(=O)CSc2nnc(Cc3ccccc3)n2C)cc1. The Hall–Kier alpha value is -2.40. The van der Waals surface area contributed by atoms with Gasteiger partial charge >= 0.3 is 0 Å². The van der Waals surface area contributed by atoms with Crippen molar-refractivity contribution < 1.29 is 4.79 Å². The molecule has 0 N–H and O–H groups in total. The van der Waals surface area contributed by atoms with Gasteiger partial charge in [-0.1, -0.05) is 80.2 Å². The highest BCUT2D eigenvalue weighted by atomic mass is 32.2. The third kappa shape index (κ3) is 4.86. The summed E-state index contributed by atoms with van der Waals surface area (Å²) in [5, 5.41) is 9.30. The maximum absolute atomic E-state index is 12.5. The number of Topliss-reactive ketones (excluding diaryl/α,β-unsaturated/α-hetero) is 1. The molecule has 0 fully saturated rings. The summed E-state index contributed by atoms with van der Waals surface area (Å²) in [5.74, 6) is 1.89. The molecule has 5 heteroatoms. The number of hydrogen-bond acceptors (Lipinski definition) is 4. The highest BCUT2D eigenvalue weighted by Gasteiger charge is 2.13. The van der Waals surface area contributed by atoms with Gasteiger partial charge in [0.1, 0.15) is 5.82 Å². The first kappa shape index (κ1) is 19.4. The first-order valence-corrected chi connectivity index (χ1v) is 10.2. The van der Waals surface area contributed by atoms with Crippen molar-refractivity contribution in [3.63, 3.8) is 0 Å². The van der Waals surface area contributed by atoms with Crippen molar-refractivity contribution in [1.29, 1.82) is 0 Å². The topological polar surface area (TPSA) is 47.8 Å². The predicted octanol–water partition coefficient (Wildman–Crippen LogP) is 4.89.